The summed E-state index contributed by atoms with van der Waals surface area (Å²) in [4.78, 5) is 15.4. The van der Waals surface area contributed by atoms with Crippen LogP contribution in [-0.4, -0.2) is 22.1 Å². The molecule has 96 valence electrons. The Labute approximate surface area is 101 Å². The molecule has 0 saturated heterocycles. The molecular weight excluding hydrogens is 220 g/mol. The number of hydrogen-bond acceptors (Lipinski definition) is 5. The van der Waals surface area contributed by atoms with Crippen LogP contribution in [0.3, 0.4) is 0 Å². The maximum Gasteiger partial charge on any atom is 0.221 e. The molecule has 0 saturated carbocycles. The number of carbonyl (C=O) groups is 1. The maximum atomic E-state index is 11.6. The lowest BCUT2D eigenvalue weighted by atomic mass is 9.87. The van der Waals surface area contributed by atoms with Crippen LogP contribution in [-0.2, 0) is 11.3 Å². The molecule has 1 aromatic heterocycles. The molecule has 1 heterocycles. The third-order valence-corrected chi connectivity index (χ3v) is 2.17. The summed E-state index contributed by atoms with van der Waals surface area (Å²) in [6.45, 7) is 6.58. The minimum absolute atomic E-state index is 0.0912. The van der Waals surface area contributed by atoms with Crippen LogP contribution in [0.2, 0.25) is 0 Å². The molecule has 1 atom stereocenters. The summed E-state index contributed by atoms with van der Waals surface area (Å²) in [6.07, 6.45) is 2.35. The lowest BCUT2D eigenvalue weighted by Crippen LogP contribution is -2.34. The van der Waals surface area contributed by atoms with Crippen LogP contribution in [0, 0.1) is 5.41 Å². The molecule has 0 aromatic carbocycles. The van der Waals surface area contributed by atoms with Crippen LogP contribution in [0.4, 0.5) is 0 Å². The summed E-state index contributed by atoms with van der Waals surface area (Å²) in [7, 11) is 0. The van der Waals surface area contributed by atoms with Crippen molar-refractivity contribution in [2.45, 2.75) is 46.2 Å². The maximum absolute atomic E-state index is 11.6. The molecule has 6 heteroatoms. The molecule has 0 bridgehead atoms. The van der Waals surface area contributed by atoms with Gasteiger partial charge >= 0.3 is 0 Å². The number of carbonyl (C=O) groups excluding carboxylic acids is 1. The third-order valence-electron chi connectivity index (χ3n) is 2.17. The van der Waals surface area contributed by atoms with E-state index in [9.17, 15) is 4.79 Å². The molecule has 0 aliphatic carbocycles. The van der Waals surface area contributed by atoms with Gasteiger partial charge in [-0.05, 0) is 11.8 Å². The highest BCUT2D eigenvalue weighted by atomic mass is 16.5. The van der Waals surface area contributed by atoms with Crippen molar-refractivity contribution in [1.82, 2.24) is 15.5 Å². The first-order chi connectivity index (χ1) is 7.87. The highest BCUT2D eigenvalue weighted by Gasteiger charge is 2.18. The van der Waals surface area contributed by atoms with Crippen molar-refractivity contribution in [3.8, 4) is 0 Å². The number of hydrogen-bond donors (Lipinski definition) is 2. The van der Waals surface area contributed by atoms with Crippen molar-refractivity contribution in [3.63, 3.8) is 0 Å². The number of amides is 1. The van der Waals surface area contributed by atoms with E-state index in [2.05, 4.69) is 40.8 Å². The Bertz CT molecular complexity index is 343. The summed E-state index contributed by atoms with van der Waals surface area (Å²) < 4.78 is 4.56. The number of nitrogens with two attached hydrogens (primary N) is 1. The van der Waals surface area contributed by atoms with Gasteiger partial charge in [0.1, 0.15) is 0 Å². The SMILES string of the molecule is CC(C)(C)CC(N)CC(=O)NCc1ncon1. The van der Waals surface area contributed by atoms with Gasteiger partial charge in [-0.15, -0.1) is 0 Å². The van der Waals surface area contributed by atoms with Gasteiger partial charge in [0.25, 0.3) is 0 Å². The number of nitrogens with zero attached hydrogens (tertiary/aromatic N) is 2. The molecule has 17 heavy (non-hydrogen) atoms. The molecule has 0 fully saturated rings. The fraction of sp³-hybridized carbons (Fsp3) is 0.727. The van der Waals surface area contributed by atoms with Gasteiger partial charge in [0, 0.05) is 12.5 Å². The van der Waals surface area contributed by atoms with Gasteiger partial charge in [-0.3, -0.25) is 4.79 Å². The first kappa shape index (κ1) is 13.6. The molecule has 1 amide bonds. The van der Waals surface area contributed by atoms with Crippen molar-refractivity contribution in [2.24, 2.45) is 11.1 Å². The van der Waals surface area contributed by atoms with Gasteiger partial charge in [0.15, 0.2) is 5.82 Å². The van der Waals surface area contributed by atoms with E-state index in [1.165, 1.54) is 6.39 Å². The highest BCUT2D eigenvalue weighted by Crippen LogP contribution is 2.20. The molecule has 1 rings (SSSR count). The van der Waals surface area contributed by atoms with Crippen molar-refractivity contribution >= 4 is 5.91 Å². The van der Waals surface area contributed by atoms with Crippen LogP contribution < -0.4 is 11.1 Å². The molecule has 1 aromatic rings. The number of nitrogens with one attached hydrogen (secondary N) is 1. The summed E-state index contributed by atoms with van der Waals surface area (Å²) in [6, 6.07) is -0.125. The Hall–Kier alpha value is -1.43. The highest BCUT2D eigenvalue weighted by molar-refractivity contribution is 5.76. The van der Waals surface area contributed by atoms with Gasteiger partial charge in [0.05, 0.1) is 6.54 Å². The zero-order valence-corrected chi connectivity index (χ0v) is 10.6. The van der Waals surface area contributed by atoms with Gasteiger partial charge in [-0.1, -0.05) is 25.9 Å². The van der Waals surface area contributed by atoms with Gasteiger partial charge < -0.3 is 15.6 Å². The van der Waals surface area contributed by atoms with Crippen LogP contribution in [0.25, 0.3) is 0 Å². The molecule has 6 nitrogen and oxygen atoms in total. The molecule has 3 N–H and O–H groups in total. The van der Waals surface area contributed by atoms with E-state index < -0.39 is 0 Å². The first-order valence-corrected chi connectivity index (χ1v) is 5.64. The number of rotatable bonds is 5. The molecule has 0 aliphatic rings. The molecule has 0 spiro atoms. The van der Waals surface area contributed by atoms with E-state index in [-0.39, 0.29) is 23.9 Å². The minimum atomic E-state index is -0.125. The predicted octanol–water partition coefficient (Wildman–Crippen LogP) is 0.839. The van der Waals surface area contributed by atoms with E-state index >= 15 is 0 Å². The molecule has 0 aliphatic heterocycles. The fourth-order valence-electron chi connectivity index (χ4n) is 1.62. The fourth-order valence-corrected chi connectivity index (χ4v) is 1.62. The second kappa shape index (κ2) is 5.77. The quantitative estimate of drug-likeness (QED) is 0.795. The first-order valence-electron chi connectivity index (χ1n) is 5.64. The van der Waals surface area contributed by atoms with E-state index in [1.807, 2.05) is 0 Å². The monoisotopic (exact) mass is 240 g/mol. The predicted molar refractivity (Wildman–Crippen MR) is 62.8 cm³/mol. The Morgan fingerprint density at radius 1 is 1.59 bits per heavy atom. The standard InChI is InChI=1S/C11H20N4O2/c1-11(2,3)5-8(12)4-10(16)13-6-9-14-7-17-15-9/h7-8H,4-6,12H2,1-3H3,(H,13,16). The summed E-state index contributed by atoms with van der Waals surface area (Å²) in [5.74, 6) is 0.370. The second-order valence-corrected chi connectivity index (χ2v) is 5.35. The topological polar surface area (TPSA) is 94.0 Å². The Balaban J connectivity index is 2.25. The summed E-state index contributed by atoms with van der Waals surface area (Å²) in [5.41, 5.74) is 6.03. The smallest absolute Gasteiger partial charge is 0.221 e. The van der Waals surface area contributed by atoms with Crippen molar-refractivity contribution < 1.29 is 9.32 Å². The Morgan fingerprint density at radius 3 is 2.82 bits per heavy atom. The lowest BCUT2D eigenvalue weighted by molar-refractivity contribution is -0.121. The van der Waals surface area contributed by atoms with E-state index in [4.69, 9.17) is 5.73 Å². The average molecular weight is 240 g/mol. The van der Waals surface area contributed by atoms with Gasteiger partial charge in [-0.25, -0.2) is 0 Å². The summed E-state index contributed by atoms with van der Waals surface area (Å²) >= 11 is 0. The Kier molecular flexibility index (Phi) is 4.62. The molecular formula is C11H20N4O2. The van der Waals surface area contributed by atoms with Crippen LogP contribution in [0.5, 0.6) is 0 Å². The van der Waals surface area contributed by atoms with Crippen LogP contribution >= 0.6 is 0 Å². The minimum Gasteiger partial charge on any atom is -0.349 e. The van der Waals surface area contributed by atoms with Crippen LogP contribution in [0.1, 0.15) is 39.4 Å². The third kappa shape index (κ3) is 6.01. The molecule has 0 radical (unpaired) electrons. The van der Waals surface area contributed by atoms with E-state index in [0.29, 0.717) is 12.2 Å². The zero-order valence-electron chi connectivity index (χ0n) is 10.6. The van der Waals surface area contributed by atoms with Crippen molar-refractivity contribution in [3.05, 3.63) is 12.2 Å². The van der Waals surface area contributed by atoms with E-state index in [0.717, 1.165) is 6.42 Å². The van der Waals surface area contributed by atoms with Crippen molar-refractivity contribution in [2.75, 3.05) is 0 Å². The van der Waals surface area contributed by atoms with Gasteiger partial charge in [0.2, 0.25) is 12.3 Å². The normalized spacial score (nSPS) is 13.4. The van der Waals surface area contributed by atoms with Gasteiger partial charge in [-0.2, -0.15) is 4.98 Å². The second-order valence-electron chi connectivity index (χ2n) is 5.35. The number of aromatic nitrogens is 2. The molecule has 1 unspecified atom stereocenters. The van der Waals surface area contributed by atoms with Crippen molar-refractivity contribution in [1.29, 1.82) is 0 Å². The lowest BCUT2D eigenvalue weighted by Gasteiger charge is -2.22. The zero-order chi connectivity index (χ0) is 12.9. The largest absolute Gasteiger partial charge is 0.349 e. The Morgan fingerprint density at radius 2 is 2.29 bits per heavy atom. The van der Waals surface area contributed by atoms with E-state index in [1.54, 1.807) is 0 Å². The average Bonchev–Trinajstić information content (AvgIpc) is 2.63. The summed E-state index contributed by atoms with van der Waals surface area (Å²) in [5, 5.41) is 6.29. The van der Waals surface area contributed by atoms with Crippen LogP contribution in [0.15, 0.2) is 10.9 Å².